The van der Waals surface area contributed by atoms with Gasteiger partial charge in [-0.3, -0.25) is 4.79 Å². The van der Waals surface area contributed by atoms with Crippen LogP contribution in [0.15, 0.2) is 53.1 Å². The molecule has 1 fully saturated rings. The summed E-state index contributed by atoms with van der Waals surface area (Å²) in [6.07, 6.45) is 3.38. The van der Waals surface area contributed by atoms with Crippen molar-refractivity contribution in [3.8, 4) is 11.8 Å². The van der Waals surface area contributed by atoms with E-state index in [1.165, 1.54) is 0 Å². The van der Waals surface area contributed by atoms with E-state index in [-0.39, 0.29) is 24.7 Å². The number of benzene rings is 2. The first-order valence-corrected chi connectivity index (χ1v) is 13.0. The maximum atomic E-state index is 12.9. The maximum Gasteiger partial charge on any atom is 0.410 e. The summed E-state index contributed by atoms with van der Waals surface area (Å²) in [5, 5.41) is 10.8. The smallest absolute Gasteiger partial charge is 0.410 e. The second kappa shape index (κ2) is 11.6. The van der Waals surface area contributed by atoms with Crippen LogP contribution in [-0.2, 0) is 20.7 Å². The fourth-order valence-electron chi connectivity index (χ4n) is 4.66. The molecule has 1 saturated heterocycles. The topological polar surface area (TPSA) is 102 Å². The molecule has 4 rings (SSSR count). The number of hydrogen-bond acceptors (Lipinski definition) is 7. The number of rotatable bonds is 8. The third kappa shape index (κ3) is 6.46. The largest absolute Gasteiger partial charge is 0.491 e. The van der Waals surface area contributed by atoms with Crippen LogP contribution < -0.4 is 4.74 Å². The van der Waals surface area contributed by atoms with Gasteiger partial charge in [-0.05, 0) is 76.4 Å². The van der Waals surface area contributed by atoms with Gasteiger partial charge in [-0.25, -0.2) is 4.79 Å². The molecule has 1 aliphatic rings. The minimum Gasteiger partial charge on any atom is -0.491 e. The molecule has 0 N–H and O–H groups in total. The van der Waals surface area contributed by atoms with Crippen molar-refractivity contribution in [2.75, 3.05) is 19.8 Å². The van der Waals surface area contributed by atoms with Gasteiger partial charge in [0.15, 0.2) is 0 Å². The van der Waals surface area contributed by atoms with E-state index in [1.807, 2.05) is 51.1 Å². The Morgan fingerprint density at radius 2 is 1.95 bits per heavy atom. The van der Waals surface area contributed by atoms with Crippen molar-refractivity contribution < 1.29 is 28.2 Å². The number of nitriles is 1. The maximum absolute atomic E-state index is 12.9. The lowest BCUT2D eigenvalue weighted by Gasteiger charge is -2.28. The second-order valence-corrected chi connectivity index (χ2v) is 10.4. The summed E-state index contributed by atoms with van der Waals surface area (Å²) >= 11 is 0. The summed E-state index contributed by atoms with van der Waals surface area (Å²) in [6, 6.07) is 14.8. The van der Waals surface area contributed by atoms with Crippen LogP contribution >= 0.6 is 0 Å². The van der Waals surface area contributed by atoms with E-state index in [0.717, 1.165) is 29.2 Å². The lowest BCUT2D eigenvalue weighted by Crippen LogP contribution is -2.42. The number of esters is 1. The minimum atomic E-state index is -0.563. The van der Waals surface area contributed by atoms with Crippen LogP contribution in [0.3, 0.4) is 0 Å². The summed E-state index contributed by atoms with van der Waals surface area (Å²) in [7, 11) is 0. The van der Waals surface area contributed by atoms with Crippen molar-refractivity contribution in [2.45, 2.75) is 64.5 Å². The first-order chi connectivity index (χ1) is 18.2. The highest BCUT2D eigenvalue weighted by Gasteiger charge is 2.32. The molecule has 8 nitrogen and oxygen atoms in total. The quantitative estimate of drug-likeness (QED) is 0.338. The first kappa shape index (κ1) is 27.1. The van der Waals surface area contributed by atoms with Gasteiger partial charge in [0.1, 0.15) is 23.7 Å². The number of fused-ring (bicyclic) bond motifs is 1. The first-order valence-electron chi connectivity index (χ1n) is 13.0. The van der Waals surface area contributed by atoms with Crippen LogP contribution in [0.1, 0.15) is 63.3 Å². The molecule has 2 heterocycles. The zero-order valence-electron chi connectivity index (χ0n) is 22.4. The number of likely N-dealkylation sites (tertiary alicyclic amines) is 1. The van der Waals surface area contributed by atoms with Gasteiger partial charge in [0.05, 0.1) is 36.5 Å². The third-order valence-corrected chi connectivity index (χ3v) is 6.50. The van der Waals surface area contributed by atoms with Crippen molar-refractivity contribution in [1.82, 2.24) is 4.90 Å². The summed E-state index contributed by atoms with van der Waals surface area (Å²) in [5.41, 5.74) is 0.789. The summed E-state index contributed by atoms with van der Waals surface area (Å²) in [5.74, 6) is 0.413. The number of furan rings is 1. The molecule has 2 atom stereocenters. The SMILES string of the molecule is CCOC(=O)C(Cc1occ2cc(C#N)ccc12)c1ccc(OC[C@@H]2CCCN2C(=O)OC(C)(C)C)cc1. The van der Waals surface area contributed by atoms with Crippen molar-refractivity contribution in [1.29, 1.82) is 5.26 Å². The molecule has 38 heavy (non-hydrogen) atoms. The van der Waals surface area contributed by atoms with Gasteiger partial charge in [0, 0.05) is 23.7 Å². The summed E-state index contributed by atoms with van der Waals surface area (Å²) < 4.78 is 22.7. The molecular formula is C30H34N2O6. The molecular weight excluding hydrogens is 484 g/mol. The summed E-state index contributed by atoms with van der Waals surface area (Å²) in [4.78, 5) is 27.2. The van der Waals surface area contributed by atoms with E-state index in [0.29, 0.717) is 36.6 Å². The Bertz CT molecular complexity index is 1320. The molecule has 1 unspecified atom stereocenters. The molecule has 0 saturated carbocycles. The molecule has 2 aromatic carbocycles. The Morgan fingerprint density at radius 3 is 2.63 bits per heavy atom. The molecule has 200 valence electrons. The van der Waals surface area contributed by atoms with Crippen LogP contribution in [0, 0.1) is 11.3 Å². The number of carbonyl (C=O) groups excluding carboxylic acids is 2. The van der Waals surface area contributed by atoms with Gasteiger partial charge in [0.25, 0.3) is 0 Å². The van der Waals surface area contributed by atoms with Crippen LogP contribution in [0.4, 0.5) is 4.79 Å². The van der Waals surface area contributed by atoms with Gasteiger partial charge < -0.3 is 23.5 Å². The number of hydrogen-bond donors (Lipinski definition) is 0. The van der Waals surface area contributed by atoms with Gasteiger partial charge in [-0.1, -0.05) is 12.1 Å². The molecule has 1 aromatic heterocycles. The Balaban J connectivity index is 1.45. The van der Waals surface area contributed by atoms with Crippen LogP contribution in [0.5, 0.6) is 5.75 Å². The molecule has 1 amide bonds. The Labute approximate surface area is 223 Å². The van der Waals surface area contributed by atoms with Crippen LogP contribution in [-0.4, -0.2) is 48.4 Å². The van der Waals surface area contributed by atoms with E-state index in [1.54, 1.807) is 30.2 Å². The Kier molecular flexibility index (Phi) is 8.26. The third-order valence-electron chi connectivity index (χ3n) is 6.50. The molecule has 0 bridgehead atoms. The van der Waals surface area contributed by atoms with Gasteiger partial charge in [-0.15, -0.1) is 0 Å². The van der Waals surface area contributed by atoms with Gasteiger partial charge >= 0.3 is 12.1 Å². The Morgan fingerprint density at radius 1 is 1.18 bits per heavy atom. The number of carbonyl (C=O) groups is 2. The molecule has 0 spiro atoms. The summed E-state index contributed by atoms with van der Waals surface area (Å²) in [6.45, 7) is 8.65. The fourth-order valence-corrected chi connectivity index (χ4v) is 4.66. The van der Waals surface area contributed by atoms with Gasteiger partial charge in [0.2, 0.25) is 0 Å². The standard InChI is InChI=1S/C30H34N2O6/c1-5-35-28(33)26(16-27-25-13-8-20(17-31)15-22(25)18-37-27)21-9-11-24(12-10-21)36-19-23-7-6-14-32(23)29(34)38-30(2,3)4/h8-13,15,18,23,26H,5-7,14,16,19H2,1-4H3/t23-,26?/m0/s1. The lowest BCUT2D eigenvalue weighted by molar-refractivity contribution is -0.145. The average Bonchev–Trinajstić information content (AvgIpc) is 3.52. The monoisotopic (exact) mass is 518 g/mol. The highest BCUT2D eigenvalue weighted by Crippen LogP contribution is 2.30. The predicted molar refractivity (Wildman–Crippen MR) is 142 cm³/mol. The van der Waals surface area contributed by atoms with Crippen LogP contribution in [0.2, 0.25) is 0 Å². The molecule has 0 aliphatic carbocycles. The fraction of sp³-hybridized carbons (Fsp3) is 0.433. The van der Waals surface area contributed by atoms with Crippen molar-refractivity contribution in [3.63, 3.8) is 0 Å². The predicted octanol–water partition coefficient (Wildman–Crippen LogP) is 5.97. The van der Waals surface area contributed by atoms with Crippen molar-refractivity contribution >= 4 is 22.8 Å². The molecule has 0 radical (unpaired) electrons. The minimum absolute atomic E-state index is 0.0504. The highest BCUT2D eigenvalue weighted by atomic mass is 16.6. The normalized spacial score (nSPS) is 16.2. The van der Waals surface area contributed by atoms with E-state index in [9.17, 15) is 9.59 Å². The van der Waals surface area contributed by atoms with E-state index in [2.05, 4.69) is 6.07 Å². The van der Waals surface area contributed by atoms with Crippen molar-refractivity contribution in [2.24, 2.45) is 0 Å². The second-order valence-electron chi connectivity index (χ2n) is 10.4. The van der Waals surface area contributed by atoms with Gasteiger partial charge in [-0.2, -0.15) is 5.26 Å². The zero-order chi connectivity index (χ0) is 27.3. The average molecular weight is 519 g/mol. The highest BCUT2D eigenvalue weighted by molar-refractivity contribution is 5.86. The van der Waals surface area contributed by atoms with Crippen LogP contribution in [0.25, 0.3) is 10.8 Å². The molecule has 8 heteroatoms. The van der Waals surface area contributed by atoms with E-state index >= 15 is 0 Å². The van der Waals surface area contributed by atoms with E-state index in [4.69, 9.17) is 23.9 Å². The van der Waals surface area contributed by atoms with Crippen molar-refractivity contribution in [3.05, 3.63) is 65.6 Å². The Hall–Kier alpha value is -3.99. The molecule has 3 aromatic rings. The lowest BCUT2D eigenvalue weighted by atomic mass is 9.93. The van der Waals surface area contributed by atoms with E-state index < -0.39 is 11.5 Å². The molecule has 1 aliphatic heterocycles. The number of amides is 1. The zero-order valence-corrected chi connectivity index (χ0v) is 22.4. The number of nitrogens with zero attached hydrogens (tertiary/aromatic N) is 2. The number of ether oxygens (including phenoxy) is 3.